The fourth-order valence-electron chi connectivity index (χ4n) is 6.33. The molecule has 15 heteroatoms. The van der Waals surface area contributed by atoms with Crippen molar-refractivity contribution in [2.45, 2.75) is 116 Å². The lowest BCUT2D eigenvalue weighted by Crippen LogP contribution is -2.60. The number of nitrogens with one attached hydrogen (secondary N) is 6. The zero-order valence-corrected chi connectivity index (χ0v) is 33.3. The van der Waals surface area contributed by atoms with Gasteiger partial charge in [-0.25, -0.2) is 9.59 Å². The van der Waals surface area contributed by atoms with Crippen molar-refractivity contribution in [3.63, 3.8) is 0 Å². The summed E-state index contributed by atoms with van der Waals surface area (Å²) in [5.41, 5.74) is 1.73. The van der Waals surface area contributed by atoms with Gasteiger partial charge in [-0.3, -0.25) is 24.0 Å². The zero-order valence-electron chi connectivity index (χ0n) is 33.3. The van der Waals surface area contributed by atoms with E-state index in [1.54, 1.807) is 27.7 Å². The van der Waals surface area contributed by atoms with Crippen LogP contribution in [0, 0.1) is 11.8 Å². The smallest absolute Gasteiger partial charge is 0.326 e. The Bertz CT molecular complexity index is 1640. The maximum Gasteiger partial charge on any atom is 0.326 e. The van der Waals surface area contributed by atoms with Crippen LogP contribution in [0.5, 0.6) is 0 Å². The number of carboxylic acid groups (broad SMARTS) is 1. The number of amides is 7. The summed E-state index contributed by atoms with van der Waals surface area (Å²) in [6.45, 7) is 8.65. The number of hydrogen-bond acceptors (Lipinski definition) is 7. The molecule has 1 aliphatic rings. The topological polar surface area (TPSA) is 215 Å². The Labute approximate surface area is 329 Å². The molecule has 306 valence electrons. The minimum absolute atomic E-state index is 0.0913. The Morgan fingerprint density at radius 1 is 0.821 bits per heavy atom. The number of carboxylic acids is 1. The van der Waals surface area contributed by atoms with Crippen LogP contribution in [0.1, 0.15) is 77.8 Å². The van der Waals surface area contributed by atoms with Gasteiger partial charge in [0.1, 0.15) is 36.3 Å². The van der Waals surface area contributed by atoms with Gasteiger partial charge < -0.3 is 41.9 Å². The third kappa shape index (κ3) is 13.7. The molecular weight excluding hydrogens is 718 g/mol. The monoisotopic (exact) mass is 777 g/mol. The van der Waals surface area contributed by atoms with E-state index < -0.39 is 89.6 Å². The number of nitrogens with zero attached hydrogens (tertiary/aromatic N) is 1. The first-order valence-electron chi connectivity index (χ1n) is 19.5. The van der Waals surface area contributed by atoms with Crippen LogP contribution in [-0.2, 0) is 41.6 Å². The number of urea groups is 1. The van der Waals surface area contributed by atoms with Crippen molar-refractivity contribution in [3.05, 3.63) is 71.8 Å². The number of aliphatic carboxylic acids is 1. The first-order valence-corrected chi connectivity index (χ1v) is 19.5. The van der Waals surface area contributed by atoms with Crippen LogP contribution in [0.4, 0.5) is 4.79 Å². The summed E-state index contributed by atoms with van der Waals surface area (Å²) >= 11 is 0. The lowest BCUT2D eigenvalue weighted by Gasteiger charge is -2.32. The molecule has 0 spiro atoms. The Kier molecular flexibility index (Phi) is 17.8. The van der Waals surface area contributed by atoms with E-state index in [1.807, 2.05) is 67.6 Å². The molecule has 7 unspecified atom stereocenters. The van der Waals surface area contributed by atoms with E-state index in [2.05, 4.69) is 31.9 Å². The molecule has 7 amide bonds. The predicted molar refractivity (Wildman–Crippen MR) is 211 cm³/mol. The molecule has 1 heterocycles. The van der Waals surface area contributed by atoms with Gasteiger partial charge >= 0.3 is 12.0 Å². The standard InChI is InChI=1S/C41H59N7O8/c1-7-26(4)34-38(52)43-31(22-21-28-16-10-8-11-17-28)39(53)48(6)27(5)35(49)44-32(24-29-18-12-9-13-19-29)36(50)42-23-15-14-20-30(37(51)46-34)45-41(56)47-33(25(2)3)40(54)55/h8-13,16-19,25-27,30-34H,7,14-15,20-24H2,1-6H3,(H,42,50)(H,43,52)(H,44,49)(H,46,51)(H,54,55)(H2,45,47,56). The summed E-state index contributed by atoms with van der Waals surface area (Å²) in [4.78, 5) is 95.6. The van der Waals surface area contributed by atoms with Gasteiger partial charge in [0, 0.05) is 20.0 Å². The second-order valence-electron chi connectivity index (χ2n) is 14.9. The van der Waals surface area contributed by atoms with E-state index in [9.17, 15) is 38.7 Å². The summed E-state index contributed by atoms with van der Waals surface area (Å²) in [5, 5.41) is 25.9. The van der Waals surface area contributed by atoms with Gasteiger partial charge in [-0.15, -0.1) is 0 Å². The first kappa shape index (κ1) is 44.9. The highest BCUT2D eigenvalue weighted by molar-refractivity contribution is 5.96. The largest absolute Gasteiger partial charge is 0.480 e. The van der Waals surface area contributed by atoms with Gasteiger partial charge in [0.15, 0.2) is 0 Å². The Morgan fingerprint density at radius 2 is 1.43 bits per heavy atom. The number of hydrogen-bond donors (Lipinski definition) is 7. The maximum atomic E-state index is 14.2. The van der Waals surface area contributed by atoms with Crippen molar-refractivity contribution < 1.29 is 38.7 Å². The van der Waals surface area contributed by atoms with E-state index in [1.165, 1.54) is 11.9 Å². The van der Waals surface area contributed by atoms with Crippen LogP contribution in [0.2, 0.25) is 0 Å². The number of carbonyl (C=O) groups excluding carboxylic acids is 6. The van der Waals surface area contributed by atoms with Crippen LogP contribution >= 0.6 is 0 Å². The van der Waals surface area contributed by atoms with Crippen LogP contribution in [-0.4, -0.2) is 101 Å². The highest BCUT2D eigenvalue weighted by atomic mass is 16.4. The SMILES string of the molecule is CCC(C)C1NC(=O)C(NC(=O)NC(C(=O)O)C(C)C)CCCCNC(=O)C(Cc2ccccc2)NC(=O)C(C)N(C)C(=O)C(CCc2ccccc2)NC1=O. The zero-order chi connectivity index (χ0) is 41.4. The molecule has 1 aliphatic heterocycles. The molecule has 3 rings (SSSR count). The number of benzene rings is 2. The van der Waals surface area contributed by atoms with E-state index in [-0.39, 0.29) is 25.8 Å². The average Bonchev–Trinajstić information content (AvgIpc) is 3.18. The molecule has 0 aromatic heterocycles. The average molecular weight is 778 g/mol. The Balaban J connectivity index is 1.99. The quantitative estimate of drug-likeness (QED) is 0.179. The molecule has 1 saturated heterocycles. The molecule has 7 N–H and O–H groups in total. The number of carbonyl (C=O) groups is 7. The van der Waals surface area contributed by atoms with Gasteiger partial charge in [-0.05, 0) is 62.0 Å². The second kappa shape index (κ2) is 22.2. The summed E-state index contributed by atoms with van der Waals surface area (Å²) in [6.07, 6.45) is 2.09. The molecule has 0 radical (unpaired) electrons. The van der Waals surface area contributed by atoms with Gasteiger partial charge in [0.2, 0.25) is 29.5 Å². The fraction of sp³-hybridized carbons (Fsp3) is 0.537. The minimum Gasteiger partial charge on any atom is -0.480 e. The molecule has 0 aliphatic carbocycles. The summed E-state index contributed by atoms with van der Waals surface area (Å²) in [6, 6.07) is 11.1. The molecule has 7 atom stereocenters. The fourth-order valence-corrected chi connectivity index (χ4v) is 6.33. The minimum atomic E-state index is -1.23. The van der Waals surface area contributed by atoms with Crippen LogP contribution in [0.25, 0.3) is 0 Å². The summed E-state index contributed by atoms with van der Waals surface area (Å²) in [5.74, 6) is -4.90. The van der Waals surface area contributed by atoms with Crippen molar-refractivity contribution in [1.29, 1.82) is 0 Å². The summed E-state index contributed by atoms with van der Waals surface area (Å²) in [7, 11) is 1.46. The maximum absolute atomic E-state index is 14.2. The molecule has 2 aromatic carbocycles. The van der Waals surface area contributed by atoms with Gasteiger partial charge in [0.25, 0.3) is 0 Å². The van der Waals surface area contributed by atoms with E-state index >= 15 is 0 Å². The molecule has 56 heavy (non-hydrogen) atoms. The van der Waals surface area contributed by atoms with Crippen molar-refractivity contribution in [2.75, 3.05) is 13.6 Å². The lowest BCUT2D eigenvalue weighted by molar-refractivity contribution is -0.142. The van der Waals surface area contributed by atoms with Crippen molar-refractivity contribution >= 4 is 41.5 Å². The van der Waals surface area contributed by atoms with Gasteiger partial charge in [0.05, 0.1) is 0 Å². The third-order valence-electron chi connectivity index (χ3n) is 10.3. The third-order valence-corrected chi connectivity index (χ3v) is 10.3. The molecule has 0 bridgehead atoms. The Hall–Kier alpha value is -5.47. The van der Waals surface area contributed by atoms with Crippen molar-refractivity contribution in [1.82, 2.24) is 36.8 Å². The molecule has 2 aromatic rings. The van der Waals surface area contributed by atoms with Gasteiger partial charge in [-0.1, -0.05) is 94.8 Å². The number of aryl methyl sites for hydroxylation is 1. The van der Waals surface area contributed by atoms with E-state index in [0.29, 0.717) is 25.7 Å². The highest BCUT2D eigenvalue weighted by Gasteiger charge is 2.36. The normalized spacial score (nSPS) is 23.2. The first-order chi connectivity index (χ1) is 26.6. The lowest BCUT2D eigenvalue weighted by atomic mass is 9.96. The number of likely N-dealkylation sites (N-methyl/N-ethyl adjacent to an activating group) is 1. The van der Waals surface area contributed by atoms with Gasteiger partial charge in [-0.2, -0.15) is 0 Å². The predicted octanol–water partition coefficient (Wildman–Crippen LogP) is 2.29. The van der Waals surface area contributed by atoms with Crippen molar-refractivity contribution in [3.8, 4) is 0 Å². The van der Waals surface area contributed by atoms with Crippen LogP contribution in [0.3, 0.4) is 0 Å². The molecular formula is C41H59N7O8. The van der Waals surface area contributed by atoms with E-state index in [4.69, 9.17) is 0 Å². The highest BCUT2D eigenvalue weighted by Crippen LogP contribution is 2.15. The van der Waals surface area contributed by atoms with Crippen molar-refractivity contribution in [2.24, 2.45) is 11.8 Å². The molecule has 15 nitrogen and oxygen atoms in total. The number of rotatable bonds is 11. The van der Waals surface area contributed by atoms with Crippen LogP contribution < -0.4 is 31.9 Å². The Morgan fingerprint density at radius 3 is 2.02 bits per heavy atom. The molecule has 1 fully saturated rings. The molecule has 0 saturated carbocycles. The van der Waals surface area contributed by atoms with Crippen LogP contribution in [0.15, 0.2) is 60.7 Å². The summed E-state index contributed by atoms with van der Waals surface area (Å²) < 4.78 is 0. The van der Waals surface area contributed by atoms with E-state index in [0.717, 1.165) is 11.1 Å². The second-order valence-corrected chi connectivity index (χ2v) is 14.9.